The molecule has 0 atom stereocenters. The molecule has 5 heteroatoms. The summed E-state index contributed by atoms with van der Waals surface area (Å²) in [6.07, 6.45) is 1.35. The number of rotatable bonds is 1. The molecular formula is C9H13NO4. The van der Waals surface area contributed by atoms with E-state index in [1.54, 1.807) is 6.92 Å². The first kappa shape index (κ1) is 12.4. The van der Waals surface area contributed by atoms with Crippen LogP contribution < -0.4 is 5.43 Å². The number of ether oxygens (including phenoxy) is 1. The van der Waals surface area contributed by atoms with E-state index in [0.29, 0.717) is 5.69 Å². The smallest absolute Gasteiger partial charge is 0.343 e. The Morgan fingerprint density at radius 3 is 2.50 bits per heavy atom. The molecule has 78 valence electrons. The van der Waals surface area contributed by atoms with Crippen molar-refractivity contribution in [3.63, 3.8) is 0 Å². The first-order valence-corrected chi connectivity index (χ1v) is 3.87. The van der Waals surface area contributed by atoms with Crippen molar-refractivity contribution in [2.45, 2.75) is 6.92 Å². The van der Waals surface area contributed by atoms with Gasteiger partial charge in [-0.3, -0.25) is 4.79 Å². The second-order valence-corrected chi connectivity index (χ2v) is 2.39. The Bertz CT molecular complexity index is 356. The number of pyridine rings is 1. The lowest BCUT2D eigenvalue weighted by atomic mass is 10.2. The molecule has 0 aromatic carbocycles. The van der Waals surface area contributed by atoms with Crippen molar-refractivity contribution < 1.29 is 14.6 Å². The quantitative estimate of drug-likeness (QED) is 0.628. The number of aromatic nitrogens is 1. The van der Waals surface area contributed by atoms with Gasteiger partial charge in [0.2, 0.25) is 0 Å². The van der Waals surface area contributed by atoms with Gasteiger partial charge in [0.25, 0.3) is 0 Å². The number of hydrogen-bond acceptors (Lipinski definition) is 4. The molecule has 0 spiro atoms. The molecule has 0 aliphatic rings. The summed E-state index contributed by atoms with van der Waals surface area (Å²) in [6.45, 7) is 1.74. The van der Waals surface area contributed by atoms with E-state index in [4.69, 9.17) is 5.11 Å². The molecule has 2 N–H and O–H groups in total. The SMILES string of the molecule is CO.COC(=O)c1c[nH]c(C)cc1=O. The topological polar surface area (TPSA) is 79.4 Å². The minimum Gasteiger partial charge on any atom is -0.465 e. The standard InChI is InChI=1S/C8H9NO3.CH4O/c1-5-3-7(10)6(4-9-5)8(11)12-2;1-2/h3-4H,1-2H3,(H,9,10);2H,1H3. The number of hydrogen-bond donors (Lipinski definition) is 2. The average molecular weight is 199 g/mol. The molecule has 0 amide bonds. The largest absolute Gasteiger partial charge is 0.465 e. The van der Waals surface area contributed by atoms with E-state index in [0.717, 1.165) is 7.11 Å². The number of nitrogens with one attached hydrogen (secondary N) is 1. The Kier molecular flexibility index (Phi) is 5.24. The summed E-state index contributed by atoms with van der Waals surface area (Å²) in [4.78, 5) is 24.8. The molecule has 0 saturated carbocycles. The van der Waals surface area contributed by atoms with E-state index in [-0.39, 0.29) is 11.0 Å². The zero-order chi connectivity index (χ0) is 11.1. The van der Waals surface area contributed by atoms with Gasteiger partial charge in [-0.25, -0.2) is 4.79 Å². The minimum absolute atomic E-state index is 0.0306. The van der Waals surface area contributed by atoms with Crippen molar-refractivity contribution in [2.75, 3.05) is 14.2 Å². The number of aryl methyl sites for hydroxylation is 1. The third kappa shape index (κ3) is 3.02. The van der Waals surface area contributed by atoms with Crippen molar-refractivity contribution >= 4 is 5.97 Å². The molecule has 0 fully saturated rings. The predicted molar refractivity (Wildman–Crippen MR) is 51.3 cm³/mol. The number of aliphatic hydroxyl groups is 1. The number of esters is 1. The Morgan fingerprint density at radius 2 is 2.07 bits per heavy atom. The second-order valence-electron chi connectivity index (χ2n) is 2.39. The summed E-state index contributed by atoms with van der Waals surface area (Å²) in [5.41, 5.74) is 0.425. The lowest BCUT2D eigenvalue weighted by molar-refractivity contribution is 0.0599. The molecule has 0 unspecified atom stereocenters. The van der Waals surface area contributed by atoms with Gasteiger partial charge in [0.1, 0.15) is 5.56 Å². The Hall–Kier alpha value is -1.62. The molecule has 14 heavy (non-hydrogen) atoms. The fourth-order valence-corrected chi connectivity index (χ4v) is 0.843. The first-order valence-electron chi connectivity index (χ1n) is 3.87. The molecule has 0 aliphatic heterocycles. The average Bonchev–Trinajstić information content (AvgIpc) is 2.20. The summed E-state index contributed by atoms with van der Waals surface area (Å²) in [5.74, 6) is -0.615. The Labute approximate surface area is 81.3 Å². The second kappa shape index (κ2) is 5.93. The molecular weight excluding hydrogens is 186 g/mol. The van der Waals surface area contributed by atoms with E-state index in [1.165, 1.54) is 19.4 Å². The number of aromatic amines is 1. The molecule has 1 rings (SSSR count). The summed E-state index contributed by atoms with van der Waals surface area (Å²) in [6, 6.07) is 1.35. The number of aliphatic hydroxyl groups excluding tert-OH is 1. The van der Waals surface area contributed by atoms with Crippen LogP contribution in [-0.2, 0) is 4.74 Å². The fraction of sp³-hybridized carbons (Fsp3) is 0.333. The van der Waals surface area contributed by atoms with Crippen LogP contribution in [0.4, 0.5) is 0 Å². The van der Waals surface area contributed by atoms with E-state index in [1.807, 2.05) is 0 Å². The predicted octanol–water partition coefficient (Wildman–Crippen LogP) is 0.0784. The van der Waals surface area contributed by atoms with Gasteiger partial charge in [-0.1, -0.05) is 0 Å². The molecule has 1 aromatic heterocycles. The van der Waals surface area contributed by atoms with Crippen LogP contribution in [0.5, 0.6) is 0 Å². The lowest BCUT2D eigenvalue weighted by Gasteiger charge is -1.97. The van der Waals surface area contributed by atoms with Gasteiger partial charge < -0.3 is 14.8 Å². The maximum Gasteiger partial charge on any atom is 0.343 e. The van der Waals surface area contributed by atoms with E-state index < -0.39 is 5.97 Å². The number of carbonyl (C=O) groups is 1. The van der Waals surface area contributed by atoms with Crippen molar-refractivity contribution in [2.24, 2.45) is 0 Å². The first-order chi connectivity index (χ1) is 6.65. The van der Waals surface area contributed by atoms with Gasteiger partial charge in [0, 0.05) is 25.1 Å². The van der Waals surface area contributed by atoms with Crippen molar-refractivity contribution in [1.29, 1.82) is 0 Å². The Morgan fingerprint density at radius 1 is 1.50 bits per heavy atom. The zero-order valence-corrected chi connectivity index (χ0v) is 8.33. The molecule has 1 aromatic rings. The third-order valence-corrected chi connectivity index (χ3v) is 1.46. The van der Waals surface area contributed by atoms with Gasteiger partial charge in [-0.15, -0.1) is 0 Å². The highest BCUT2D eigenvalue weighted by Gasteiger charge is 2.08. The van der Waals surface area contributed by atoms with Crippen LogP contribution >= 0.6 is 0 Å². The van der Waals surface area contributed by atoms with Crippen LogP contribution in [0, 0.1) is 6.92 Å². The number of H-pyrrole nitrogens is 1. The highest BCUT2D eigenvalue weighted by atomic mass is 16.5. The zero-order valence-electron chi connectivity index (χ0n) is 8.33. The fourth-order valence-electron chi connectivity index (χ4n) is 0.843. The molecule has 0 bridgehead atoms. The van der Waals surface area contributed by atoms with Crippen LogP contribution in [0.1, 0.15) is 16.1 Å². The van der Waals surface area contributed by atoms with Gasteiger partial charge in [-0.05, 0) is 6.92 Å². The monoisotopic (exact) mass is 199 g/mol. The van der Waals surface area contributed by atoms with Crippen molar-refractivity contribution in [3.8, 4) is 0 Å². The highest BCUT2D eigenvalue weighted by Crippen LogP contribution is 1.93. The molecule has 1 heterocycles. The van der Waals surface area contributed by atoms with Crippen LogP contribution in [0.2, 0.25) is 0 Å². The molecule has 0 aliphatic carbocycles. The van der Waals surface area contributed by atoms with E-state index in [2.05, 4.69) is 9.72 Å². The van der Waals surface area contributed by atoms with Crippen LogP contribution in [-0.4, -0.2) is 30.3 Å². The van der Waals surface area contributed by atoms with Crippen LogP contribution in [0.15, 0.2) is 17.1 Å². The minimum atomic E-state index is -0.615. The highest BCUT2D eigenvalue weighted by molar-refractivity contribution is 5.88. The maximum atomic E-state index is 11.1. The van der Waals surface area contributed by atoms with Gasteiger partial charge in [0.05, 0.1) is 7.11 Å². The van der Waals surface area contributed by atoms with Gasteiger partial charge in [0.15, 0.2) is 5.43 Å². The summed E-state index contributed by atoms with van der Waals surface area (Å²) < 4.78 is 4.40. The molecule has 5 nitrogen and oxygen atoms in total. The summed E-state index contributed by atoms with van der Waals surface area (Å²) in [7, 11) is 2.24. The van der Waals surface area contributed by atoms with Crippen molar-refractivity contribution in [3.05, 3.63) is 33.7 Å². The summed E-state index contributed by atoms with van der Waals surface area (Å²) in [5, 5.41) is 7.00. The van der Waals surface area contributed by atoms with E-state index >= 15 is 0 Å². The number of carbonyl (C=O) groups excluding carboxylic acids is 1. The van der Waals surface area contributed by atoms with Crippen LogP contribution in [0.3, 0.4) is 0 Å². The molecule has 0 saturated heterocycles. The third-order valence-electron chi connectivity index (χ3n) is 1.46. The van der Waals surface area contributed by atoms with Gasteiger partial charge in [-0.2, -0.15) is 0 Å². The van der Waals surface area contributed by atoms with E-state index in [9.17, 15) is 9.59 Å². The van der Waals surface area contributed by atoms with Crippen LogP contribution in [0.25, 0.3) is 0 Å². The normalized spacial score (nSPS) is 8.57. The maximum absolute atomic E-state index is 11.1. The number of methoxy groups -OCH3 is 1. The van der Waals surface area contributed by atoms with Gasteiger partial charge >= 0.3 is 5.97 Å². The lowest BCUT2D eigenvalue weighted by Crippen LogP contribution is -2.16. The summed E-state index contributed by atoms with van der Waals surface area (Å²) >= 11 is 0. The molecule has 0 radical (unpaired) electrons. The Balaban J connectivity index is 0.000000791. The van der Waals surface area contributed by atoms with Crippen molar-refractivity contribution in [1.82, 2.24) is 4.98 Å².